The van der Waals surface area contributed by atoms with Crippen LogP contribution in [0.4, 0.5) is 0 Å². The minimum absolute atomic E-state index is 0.0835. The van der Waals surface area contributed by atoms with E-state index < -0.39 is 0 Å². The quantitative estimate of drug-likeness (QED) is 0.835. The van der Waals surface area contributed by atoms with E-state index in [0.717, 1.165) is 16.8 Å². The van der Waals surface area contributed by atoms with Crippen LogP contribution in [0.15, 0.2) is 22.7 Å². The van der Waals surface area contributed by atoms with Crippen LogP contribution in [0.5, 0.6) is 5.75 Å². The van der Waals surface area contributed by atoms with Crippen LogP contribution in [0.3, 0.4) is 0 Å². The normalized spacial score (nSPS) is 10.1. The molecule has 0 aromatic heterocycles. The van der Waals surface area contributed by atoms with Gasteiger partial charge in [-0.1, -0.05) is 6.92 Å². The van der Waals surface area contributed by atoms with Gasteiger partial charge < -0.3 is 10.1 Å². The molecule has 0 spiro atoms. The molecule has 1 N–H and O–H groups in total. The van der Waals surface area contributed by atoms with Crippen LogP contribution in [0.2, 0.25) is 0 Å². The van der Waals surface area contributed by atoms with Crippen molar-refractivity contribution in [3.05, 3.63) is 28.2 Å². The lowest BCUT2D eigenvalue weighted by Crippen LogP contribution is -2.22. The summed E-state index contributed by atoms with van der Waals surface area (Å²) in [4.78, 5) is 11.6. The van der Waals surface area contributed by atoms with Crippen LogP contribution in [0.25, 0.3) is 0 Å². The Bertz CT molecular complexity index is 352. The first-order valence-electron chi connectivity index (χ1n) is 4.76. The Labute approximate surface area is 97.9 Å². The maximum atomic E-state index is 11.6. The fourth-order valence-electron chi connectivity index (χ4n) is 1.18. The first-order valence-corrected chi connectivity index (χ1v) is 5.55. The molecule has 0 fully saturated rings. The Morgan fingerprint density at radius 2 is 2.27 bits per heavy atom. The van der Waals surface area contributed by atoms with E-state index in [9.17, 15) is 4.79 Å². The molecule has 0 saturated carbocycles. The van der Waals surface area contributed by atoms with Crippen LogP contribution < -0.4 is 10.1 Å². The molecular weight excluding hydrogens is 258 g/mol. The van der Waals surface area contributed by atoms with Gasteiger partial charge in [-0.15, -0.1) is 0 Å². The number of carbonyl (C=O) groups excluding carboxylic acids is 1. The summed E-state index contributed by atoms with van der Waals surface area (Å²) in [6, 6.07) is 5.32. The Balaban J connectivity index is 2.78. The minimum Gasteiger partial charge on any atom is -0.496 e. The predicted octanol–water partition coefficient (Wildman–Crippen LogP) is 2.25. The third-order valence-electron chi connectivity index (χ3n) is 2.01. The van der Waals surface area contributed by atoms with E-state index in [4.69, 9.17) is 4.74 Å². The number of rotatable bonds is 5. The molecule has 1 rings (SSSR count). The van der Waals surface area contributed by atoms with Crippen LogP contribution in [0, 0.1) is 0 Å². The smallest absolute Gasteiger partial charge is 0.176 e. The summed E-state index contributed by atoms with van der Waals surface area (Å²) in [7, 11) is 1.60. The second kappa shape index (κ2) is 5.88. The zero-order chi connectivity index (χ0) is 11.3. The molecule has 0 bridgehead atoms. The van der Waals surface area contributed by atoms with Gasteiger partial charge in [0.05, 0.1) is 18.1 Å². The zero-order valence-corrected chi connectivity index (χ0v) is 10.4. The van der Waals surface area contributed by atoms with E-state index in [-0.39, 0.29) is 5.78 Å². The fraction of sp³-hybridized carbons (Fsp3) is 0.364. The van der Waals surface area contributed by atoms with E-state index >= 15 is 0 Å². The molecule has 0 unspecified atom stereocenters. The number of carbonyl (C=O) groups is 1. The third kappa shape index (κ3) is 3.32. The third-order valence-corrected chi connectivity index (χ3v) is 2.63. The summed E-state index contributed by atoms with van der Waals surface area (Å²) in [5.74, 6) is 0.815. The van der Waals surface area contributed by atoms with Gasteiger partial charge in [-0.05, 0) is 40.7 Å². The molecule has 0 atom stereocenters. The van der Waals surface area contributed by atoms with E-state index in [2.05, 4.69) is 21.2 Å². The summed E-state index contributed by atoms with van der Waals surface area (Å²) in [5, 5.41) is 3.00. The van der Waals surface area contributed by atoms with Crippen LogP contribution >= 0.6 is 15.9 Å². The van der Waals surface area contributed by atoms with Crippen molar-refractivity contribution in [3.8, 4) is 5.75 Å². The Morgan fingerprint density at radius 1 is 1.53 bits per heavy atom. The molecule has 0 radical (unpaired) electrons. The van der Waals surface area contributed by atoms with Crippen molar-refractivity contribution in [1.29, 1.82) is 0 Å². The second-order valence-corrected chi connectivity index (χ2v) is 3.91. The van der Waals surface area contributed by atoms with Gasteiger partial charge in [0, 0.05) is 5.56 Å². The van der Waals surface area contributed by atoms with Crippen molar-refractivity contribution < 1.29 is 9.53 Å². The number of hydrogen-bond acceptors (Lipinski definition) is 3. The molecule has 0 amide bonds. The van der Waals surface area contributed by atoms with Gasteiger partial charge in [0.1, 0.15) is 5.75 Å². The number of ether oxygens (including phenoxy) is 1. The Kier molecular flexibility index (Phi) is 4.78. The molecule has 1 aromatic carbocycles. The zero-order valence-electron chi connectivity index (χ0n) is 8.84. The van der Waals surface area contributed by atoms with Gasteiger partial charge in [-0.25, -0.2) is 0 Å². The summed E-state index contributed by atoms with van der Waals surface area (Å²) in [5.41, 5.74) is 0.684. The molecule has 15 heavy (non-hydrogen) atoms. The second-order valence-electron chi connectivity index (χ2n) is 3.05. The van der Waals surface area contributed by atoms with Crippen LogP contribution in [0.1, 0.15) is 17.3 Å². The largest absolute Gasteiger partial charge is 0.496 e. The van der Waals surface area contributed by atoms with Crippen molar-refractivity contribution in [2.45, 2.75) is 6.92 Å². The number of hydrogen-bond donors (Lipinski definition) is 1. The molecule has 0 aliphatic rings. The number of ketones is 1. The number of Topliss-reactive ketones (excluding diaryl/α,β-unsaturated/α-hetero) is 1. The molecule has 0 aliphatic carbocycles. The lowest BCUT2D eigenvalue weighted by atomic mass is 10.1. The predicted molar refractivity (Wildman–Crippen MR) is 63.6 cm³/mol. The molecule has 4 heteroatoms. The lowest BCUT2D eigenvalue weighted by molar-refractivity contribution is 0.0991. The summed E-state index contributed by atoms with van der Waals surface area (Å²) < 4.78 is 5.89. The Hall–Kier alpha value is -0.870. The molecule has 0 heterocycles. The standard InChI is InChI=1S/C11H14BrNO2/c1-3-13-7-10(14)8-4-5-11(15-2)9(12)6-8/h4-6,13H,3,7H2,1-2H3. The first-order chi connectivity index (χ1) is 7.19. The monoisotopic (exact) mass is 271 g/mol. The average molecular weight is 272 g/mol. The summed E-state index contributed by atoms with van der Waals surface area (Å²) in [6.45, 7) is 3.13. The maximum absolute atomic E-state index is 11.6. The molecule has 0 aliphatic heterocycles. The highest BCUT2D eigenvalue weighted by Gasteiger charge is 2.07. The number of halogens is 1. The van der Waals surface area contributed by atoms with E-state index in [1.807, 2.05) is 6.92 Å². The van der Waals surface area contributed by atoms with Gasteiger partial charge in [0.2, 0.25) is 0 Å². The lowest BCUT2D eigenvalue weighted by Gasteiger charge is -2.05. The number of methoxy groups -OCH3 is 1. The van der Waals surface area contributed by atoms with E-state index in [0.29, 0.717) is 12.1 Å². The van der Waals surface area contributed by atoms with Gasteiger partial charge in [0.15, 0.2) is 5.78 Å². The SMILES string of the molecule is CCNCC(=O)c1ccc(OC)c(Br)c1. The topological polar surface area (TPSA) is 38.3 Å². The molecule has 3 nitrogen and oxygen atoms in total. The van der Waals surface area contributed by atoms with Gasteiger partial charge in [-0.2, -0.15) is 0 Å². The molecule has 1 aromatic rings. The van der Waals surface area contributed by atoms with Crippen molar-refractivity contribution in [2.75, 3.05) is 20.2 Å². The Morgan fingerprint density at radius 3 is 2.80 bits per heavy atom. The first kappa shape index (κ1) is 12.2. The highest BCUT2D eigenvalue weighted by Crippen LogP contribution is 2.25. The van der Waals surface area contributed by atoms with Crippen molar-refractivity contribution in [1.82, 2.24) is 5.32 Å². The number of benzene rings is 1. The molecule has 0 saturated heterocycles. The molecular formula is C11H14BrNO2. The van der Waals surface area contributed by atoms with E-state index in [1.165, 1.54) is 0 Å². The van der Waals surface area contributed by atoms with Crippen molar-refractivity contribution >= 4 is 21.7 Å². The van der Waals surface area contributed by atoms with Gasteiger partial charge >= 0.3 is 0 Å². The average Bonchev–Trinajstić information content (AvgIpc) is 2.25. The number of nitrogens with one attached hydrogen (secondary N) is 1. The van der Waals surface area contributed by atoms with E-state index in [1.54, 1.807) is 25.3 Å². The molecule has 82 valence electrons. The van der Waals surface area contributed by atoms with Gasteiger partial charge in [-0.3, -0.25) is 4.79 Å². The minimum atomic E-state index is 0.0835. The van der Waals surface area contributed by atoms with Crippen LogP contribution in [-0.2, 0) is 0 Å². The van der Waals surface area contributed by atoms with Crippen LogP contribution in [-0.4, -0.2) is 26.0 Å². The van der Waals surface area contributed by atoms with Crippen molar-refractivity contribution in [3.63, 3.8) is 0 Å². The van der Waals surface area contributed by atoms with Crippen molar-refractivity contribution in [2.24, 2.45) is 0 Å². The summed E-state index contributed by atoms with van der Waals surface area (Å²) >= 11 is 3.35. The highest BCUT2D eigenvalue weighted by molar-refractivity contribution is 9.10. The maximum Gasteiger partial charge on any atom is 0.176 e. The fourth-order valence-corrected chi connectivity index (χ4v) is 1.72. The van der Waals surface area contributed by atoms with Gasteiger partial charge in [0.25, 0.3) is 0 Å². The highest BCUT2D eigenvalue weighted by atomic mass is 79.9. The number of likely N-dealkylation sites (N-methyl/N-ethyl adjacent to an activating group) is 1. The summed E-state index contributed by atoms with van der Waals surface area (Å²) in [6.07, 6.45) is 0.